The van der Waals surface area contributed by atoms with Gasteiger partial charge in [0.1, 0.15) is 5.76 Å². The van der Waals surface area contributed by atoms with Crippen LogP contribution in [0.5, 0.6) is 0 Å². The van der Waals surface area contributed by atoms with Crippen LogP contribution < -0.4 is 15.4 Å². The Morgan fingerprint density at radius 1 is 1.17 bits per heavy atom. The molecule has 24 heavy (non-hydrogen) atoms. The summed E-state index contributed by atoms with van der Waals surface area (Å²) in [5, 5.41) is 6.24. The number of nitrogens with one attached hydrogen (secondary N) is 3. The van der Waals surface area contributed by atoms with Crippen molar-refractivity contribution in [1.82, 2.24) is 15.4 Å². The second-order valence-corrected chi connectivity index (χ2v) is 6.60. The SMILES string of the molecule is CN=C(NCc1cccc(S(=O)(=O)NC)c1)NCc1ccco1.I. The van der Waals surface area contributed by atoms with Gasteiger partial charge >= 0.3 is 0 Å². The Morgan fingerprint density at radius 3 is 2.54 bits per heavy atom. The Bertz CT molecular complexity index is 761. The Morgan fingerprint density at radius 2 is 1.92 bits per heavy atom. The molecule has 3 N–H and O–H groups in total. The Hall–Kier alpha value is -1.59. The predicted octanol–water partition coefficient (Wildman–Crippen LogP) is 1.67. The number of benzene rings is 1. The first kappa shape index (κ1) is 20.5. The van der Waals surface area contributed by atoms with Crippen LogP contribution >= 0.6 is 24.0 Å². The molecule has 0 atom stereocenters. The van der Waals surface area contributed by atoms with Crippen molar-refractivity contribution in [2.45, 2.75) is 18.0 Å². The van der Waals surface area contributed by atoms with Crippen LogP contribution in [0, 0.1) is 0 Å². The summed E-state index contributed by atoms with van der Waals surface area (Å²) < 4.78 is 31.1. The zero-order valence-electron chi connectivity index (χ0n) is 13.4. The van der Waals surface area contributed by atoms with Crippen LogP contribution in [-0.4, -0.2) is 28.5 Å². The number of guanidine groups is 1. The fourth-order valence-corrected chi connectivity index (χ4v) is 2.73. The molecule has 132 valence electrons. The Balaban J connectivity index is 0.00000288. The summed E-state index contributed by atoms with van der Waals surface area (Å²) in [6.07, 6.45) is 1.61. The molecule has 0 saturated carbocycles. The van der Waals surface area contributed by atoms with Crippen molar-refractivity contribution in [3.63, 3.8) is 0 Å². The number of sulfonamides is 1. The van der Waals surface area contributed by atoms with Gasteiger partial charge in [0.05, 0.1) is 17.7 Å². The highest BCUT2D eigenvalue weighted by Gasteiger charge is 2.11. The van der Waals surface area contributed by atoms with E-state index in [9.17, 15) is 8.42 Å². The molecule has 1 aromatic heterocycles. The van der Waals surface area contributed by atoms with Crippen LogP contribution in [0.15, 0.2) is 57.0 Å². The maximum absolute atomic E-state index is 11.8. The molecule has 0 aliphatic heterocycles. The lowest BCUT2D eigenvalue weighted by atomic mass is 10.2. The first-order chi connectivity index (χ1) is 11.0. The highest BCUT2D eigenvalue weighted by atomic mass is 127. The van der Waals surface area contributed by atoms with Gasteiger partial charge in [-0.05, 0) is 36.9 Å². The maximum atomic E-state index is 11.8. The van der Waals surface area contributed by atoms with E-state index in [1.54, 1.807) is 31.5 Å². The summed E-state index contributed by atoms with van der Waals surface area (Å²) in [6.45, 7) is 0.964. The first-order valence-corrected chi connectivity index (χ1v) is 8.53. The third-order valence-corrected chi connectivity index (χ3v) is 4.58. The summed E-state index contributed by atoms with van der Waals surface area (Å²) in [4.78, 5) is 4.35. The molecule has 0 amide bonds. The van der Waals surface area contributed by atoms with Crippen molar-refractivity contribution in [3.8, 4) is 0 Å². The molecule has 0 spiro atoms. The summed E-state index contributed by atoms with van der Waals surface area (Å²) in [7, 11) is -0.385. The average molecular weight is 464 g/mol. The number of hydrogen-bond donors (Lipinski definition) is 3. The molecule has 0 radical (unpaired) electrons. The fraction of sp³-hybridized carbons (Fsp3) is 0.267. The predicted molar refractivity (Wildman–Crippen MR) is 104 cm³/mol. The number of aliphatic imine (C=N–C) groups is 1. The Kier molecular flexibility index (Phi) is 8.22. The normalized spacial score (nSPS) is 11.7. The molecule has 1 heterocycles. The number of halogens is 1. The Labute approximate surface area is 159 Å². The molecule has 1 aromatic carbocycles. The summed E-state index contributed by atoms with van der Waals surface area (Å²) >= 11 is 0. The third-order valence-electron chi connectivity index (χ3n) is 3.17. The highest BCUT2D eigenvalue weighted by Crippen LogP contribution is 2.10. The van der Waals surface area contributed by atoms with Gasteiger partial charge in [0.15, 0.2) is 5.96 Å². The van der Waals surface area contributed by atoms with Gasteiger partial charge in [-0.25, -0.2) is 13.1 Å². The van der Waals surface area contributed by atoms with Gasteiger partial charge in [0.2, 0.25) is 10.0 Å². The molecule has 0 fully saturated rings. The van der Waals surface area contributed by atoms with Gasteiger partial charge in [0.25, 0.3) is 0 Å². The summed E-state index contributed by atoms with van der Waals surface area (Å²) in [5.74, 6) is 1.40. The molecular weight excluding hydrogens is 443 g/mol. The van der Waals surface area contributed by atoms with Gasteiger partial charge in [-0.3, -0.25) is 4.99 Å². The zero-order chi connectivity index (χ0) is 16.7. The van der Waals surface area contributed by atoms with E-state index in [-0.39, 0.29) is 28.9 Å². The second-order valence-electron chi connectivity index (χ2n) is 4.71. The first-order valence-electron chi connectivity index (χ1n) is 7.04. The average Bonchev–Trinajstić information content (AvgIpc) is 3.09. The van der Waals surface area contributed by atoms with Crippen LogP contribution in [0.3, 0.4) is 0 Å². The van der Waals surface area contributed by atoms with E-state index in [1.165, 1.54) is 7.05 Å². The summed E-state index contributed by atoms with van der Waals surface area (Å²) in [5.41, 5.74) is 0.835. The second kappa shape index (κ2) is 9.64. The molecule has 0 unspecified atom stereocenters. The smallest absolute Gasteiger partial charge is 0.240 e. The van der Waals surface area contributed by atoms with Crippen molar-refractivity contribution in [2.24, 2.45) is 4.99 Å². The number of rotatable bonds is 6. The van der Waals surface area contributed by atoms with E-state index < -0.39 is 10.0 Å². The van der Waals surface area contributed by atoms with Gasteiger partial charge < -0.3 is 15.1 Å². The minimum Gasteiger partial charge on any atom is -0.467 e. The molecule has 0 bridgehead atoms. The third kappa shape index (κ3) is 5.80. The molecule has 2 aromatic rings. The molecule has 0 aliphatic rings. The van der Waals surface area contributed by atoms with Crippen molar-refractivity contribution in [3.05, 3.63) is 54.0 Å². The van der Waals surface area contributed by atoms with Crippen LogP contribution in [-0.2, 0) is 23.1 Å². The quantitative estimate of drug-likeness (QED) is 0.344. The van der Waals surface area contributed by atoms with E-state index in [2.05, 4.69) is 20.3 Å². The zero-order valence-corrected chi connectivity index (χ0v) is 16.6. The molecule has 0 saturated heterocycles. The lowest BCUT2D eigenvalue weighted by molar-refractivity contribution is 0.501. The minimum atomic E-state index is -3.44. The van der Waals surface area contributed by atoms with Gasteiger partial charge in [-0.15, -0.1) is 24.0 Å². The highest BCUT2D eigenvalue weighted by molar-refractivity contribution is 14.0. The van der Waals surface area contributed by atoms with Crippen molar-refractivity contribution in [1.29, 1.82) is 0 Å². The molecule has 2 rings (SSSR count). The van der Waals surface area contributed by atoms with E-state index in [0.29, 0.717) is 19.0 Å². The number of furan rings is 1. The van der Waals surface area contributed by atoms with Crippen LogP contribution in [0.25, 0.3) is 0 Å². The van der Waals surface area contributed by atoms with E-state index >= 15 is 0 Å². The van der Waals surface area contributed by atoms with Gasteiger partial charge in [-0.2, -0.15) is 0 Å². The van der Waals surface area contributed by atoms with Crippen molar-refractivity contribution >= 4 is 40.0 Å². The number of hydrogen-bond acceptors (Lipinski definition) is 4. The van der Waals surface area contributed by atoms with Crippen molar-refractivity contribution < 1.29 is 12.8 Å². The van der Waals surface area contributed by atoms with Crippen molar-refractivity contribution in [2.75, 3.05) is 14.1 Å². The number of nitrogens with zero attached hydrogens (tertiary/aromatic N) is 1. The largest absolute Gasteiger partial charge is 0.467 e. The lowest BCUT2D eigenvalue weighted by Gasteiger charge is -2.11. The van der Waals surface area contributed by atoms with Gasteiger partial charge in [-0.1, -0.05) is 12.1 Å². The van der Waals surface area contributed by atoms with Gasteiger partial charge in [0, 0.05) is 13.6 Å². The molecule has 9 heteroatoms. The van der Waals surface area contributed by atoms with E-state index in [0.717, 1.165) is 11.3 Å². The maximum Gasteiger partial charge on any atom is 0.240 e. The molecular formula is C15H21IN4O3S. The summed E-state index contributed by atoms with van der Waals surface area (Å²) in [6, 6.07) is 10.4. The lowest BCUT2D eigenvalue weighted by Crippen LogP contribution is -2.36. The van der Waals surface area contributed by atoms with E-state index in [4.69, 9.17) is 4.42 Å². The van der Waals surface area contributed by atoms with Crippen LogP contribution in [0.1, 0.15) is 11.3 Å². The topological polar surface area (TPSA) is 95.7 Å². The molecule has 7 nitrogen and oxygen atoms in total. The fourth-order valence-electron chi connectivity index (χ4n) is 1.93. The van der Waals surface area contributed by atoms with Crippen LogP contribution in [0.2, 0.25) is 0 Å². The molecule has 0 aliphatic carbocycles. The van der Waals surface area contributed by atoms with Crippen LogP contribution in [0.4, 0.5) is 0 Å². The minimum absolute atomic E-state index is 0. The standard InChI is InChI=1S/C15H20N4O3S.HI/c1-16-15(19-11-13-6-4-8-22-13)18-10-12-5-3-7-14(9-12)23(20,21)17-2;/h3-9,17H,10-11H2,1-2H3,(H2,16,18,19);1H. The monoisotopic (exact) mass is 464 g/mol. The van der Waals surface area contributed by atoms with E-state index in [1.807, 2.05) is 18.2 Å².